The number of aromatic nitrogens is 3. The van der Waals surface area contributed by atoms with Gasteiger partial charge in [-0.05, 0) is 43.0 Å². The van der Waals surface area contributed by atoms with E-state index >= 15 is 0 Å². The van der Waals surface area contributed by atoms with E-state index in [0.717, 1.165) is 30.5 Å². The summed E-state index contributed by atoms with van der Waals surface area (Å²) in [6, 6.07) is 6.83. The minimum atomic E-state index is -0.673. The number of nitrogens with one attached hydrogen (secondary N) is 1. The molecule has 0 atom stereocenters. The monoisotopic (exact) mass is 288 g/mol. The minimum Gasteiger partial charge on any atom is -0.445 e. The van der Waals surface area contributed by atoms with Crippen LogP contribution in [-0.4, -0.2) is 27.3 Å². The molecule has 7 nitrogen and oxygen atoms in total. The van der Waals surface area contributed by atoms with Crippen molar-refractivity contribution >= 4 is 17.0 Å². The van der Waals surface area contributed by atoms with Crippen LogP contribution in [0.5, 0.6) is 0 Å². The van der Waals surface area contributed by atoms with Crippen molar-refractivity contribution in [2.45, 2.75) is 38.2 Å². The predicted molar refractivity (Wildman–Crippen MR) is 76.5 cm³/mol. The largest absolute Gasteiger partial charge is 0.445 e. The van der Waals surface area contributed by atoms with Gasteiger partial charge in [0.25, 0.3) is 5.56 Å². The summed E-state index contributed by atoms with van der Waals surface area (Å²) in [5.41, 5.74) is 2.38. The zero-order valence-electron chi connectivity index (χ0n) is 11.5. The maximum absolute atomic E-state index is 12.1. The van der Waals surface area contributed by atoms with Crippen LogP contribution in [0.25, 0.3) is 10.9 Å². The summed E-state index contributed by atoms with van der Waals surface area (Å²) in [5.74, 6) is 0. The van der Waals surface area contributed by atoms with Crippen LogP contribution in [0.2, 0.25) is 0 Å². The van der Waals surface area contributed by atoms with Crippen molar-refractivity contribution in [1.29, 1.82) is 0 Å². The number of hydrogen-bond acceptors (Lipinski definition) is 5. The standard InChI is InChI=1S/C14H16N4O3/c19-13-11-8-4-5-9-12(11)15-17-18(13)16-14(20)21-10-6-2-1-3-7-10/h4-5,8-10H,1-3,6-7H2,(H,16,20). The highest BCUT2D eigenvalue weighted by atomic mass is 16.6. The Bertz CT molecular complexity index is 707. The summed E-state index contributed by atoms with van der Waals surface area (Å²) in [6.07, 6.45) is 4.28. The Morgan fingerprint density at radius 2 is 2.00 bits per heavy atom. The molecule has 1 aliphatic rings. The SMILES string of the molecule is O=C(Nn1nnc2ccccc2c1=O)OC1CCCCC1. The molecule has 0 aliphatic heterocycles. The molecular weight excluding hydrogens is 272 g/mol. The number of carbonyl (C=O) groups excluding carboxylic acids is 1. The van der Waals surface area contributed by atoms with Gasteiger partial charge in [0, 0.05) is 0 Å². The molecule has 21 heavy (non-hydrogen) atoms. The first-order valence-electron chi connectivity index (χ1n) is 7.06. The molecule has 1 aliphatic carbocycles. The number of carbonyl (C=O) groups is 1. The minimum absolute atomic E-state index is 0.0807. The van der Waals surface area contributed by atoms with Gasteiger partial charge in [0.15, 0.2) is 0 Å². The number of hydrogen-bond donors (Lipinski definition) is 1. The first kappa shape index (κ1) is 13.5. The van der Waals surface area contributed by atoms with E-state index in [4.69, 9.17) is 4.74 Å². The van der Waals surface area contributed by atoms with Crippen molar-refractivity contribution in [2.24, 2.45) is 0 Å². The fraction of sp³-hybridized carbons (Fsp3) is 0.429. The van der Waals surface area contributed by atoms with E-state index in [2.05, 4.69) is 15.7 Å². The lowest BCUT2D eigenvalue weighted by Gasteiger charge is -2.21. The molecule has 1 N–H and O–H groups in total. The lowest BCUT2D eigenvalue weighted by atomic mass is 9.98. The number of nitrogens with zero attached hydrogens (tertiary/aromatic N) is 3. The first-order valence-corrected chi connectivity index (χ1v) is 7.06. The summed E-state index contributed by atoms with van der Waals surface area (Å²) < 4.78 is 5.28. The van der Waals surface area contributed by atoms with Crippen molar-refractivity contribution in [3.05, 3.63) is 34.6 Å². The first-order chi connectivity index (χ1) is 10.2. The van der Waals surface area contributed by atoms with Gasteiger partial charge in [-0.15, -0.1) is 9.89 Å². The number of benzene rings is 1. The van der Waals surface area contributed by atoms with Gasteiger partial charge in [-0.1, -0.05) is 18.6 Å². The van der Waals surface area contributed by atoms with Crippen molar-refractivity contribution in [1.82, 2.24) is 15.1 Å². The van der Waals surface area contributed by atoms with E-state index in [9.17, 15) is 9.59 Å². The second-order valence-corrected chi connectivity index (χ2v) is 5.10. The van der Waals surface area contributed by atoms with E-state index in [1.807, 2.05) is 0 Å². The third-order valence-corrected chi connectivity index (χ3v) is 3.59. The highest BCUT2D eigenvalue weighted by Crippen LogP contribution is 2.20. The normalized spacial score (nSPS) is 15.8. The van der Waals surface area contributed by atoms with E-state index in [-0.39, 0.29) is 6.10 Å². The topological polar surface area (TPSA) is 86.1 Å². The lowest BCUT2D eigenvalue weighted by molar-refractivity contribution is 0.0835. The van der Waals surface area contributed by atoms with Crippen molar-refractivity contribution in [3.63, 3.8) is 0 Å². The zero-order chi connectivity index (χ0) is 14.7. The third-order valence-electron chi connectivity index (χ3n) is 3.59. The Morgan fingerprint density at radius 1 is 1.24 bits per heavy atom. The van der Waals surface area contributed by atoms with Gasteiger partial charge in [0.05, 0.1) is 5.39 Å². The molecule has 3 rings (SSSR count). The molecule has 1 aromatic carbocycles. The molecule has 2 aromatic rings. The zero-order valence-corrected chi connectivity index (χ0v) is 11.5. The summed E-state index contributed by atoms with van der Waals surface area (Å²) in [6.45, 7) is 0. The average Bonchev–Trinajstić information content (AvgIpc) is 2.51. The van der Waals surface area contributed by atoms with Gasteiger partial charge in [-0.3, -0.25) is 4.79 Å². The van der Waals surface area contributed by atoms with Crippen LogP contribution in [0, 0.1) is 0 Å². The molecule has 1 saturated carbocycles. The second kappa shape index (κ2) is 5.90. The van der Waals surface area contributed by atoms with Crippen LogP contribution in [0.1, 0.15) is 32.1 Å². The number of ether oxygens (including phenoxy) is 1. The maximum atomic E-state index is 12.1. The molecule has 110 valence electrons. The Hall–Kier alpha value is -2.44. The molecule has 1 heterocycles. The van der Waals surface area contributed by atoms with Gasteiger partial charge in [0.1, 0.15) is 11.6 Å². The average molecular weight is 288 g/mol. The molecule has 0 saturated heterocycles. The quantitative estimate of drug-likeness (QED) is 0.910. The summed E-state index contributed by atoms with van der Waals surface area (Å²) in [4.78, 5) is 24.8. The Balaban J connectivity index is 1.73. The van der Waals surface area contributed by atoms with Crippen molar-refractivity contribution in [3.8, 4) is 0 Å². The van der Waals surface area contributed by atoms with Gasteiger partial charge in [0.2, 0.25) is 0 Å². The van der Waals surface area contributed by atoms with Crippen LogP contribution in [0.4, 0.5) is 4.79 Å². The van der Waals surface area contributed by atoms with Gasteiger partial charge in [-0.25, -0.2) is 10.2 Å². The highest BCUT2D eigenvalue weighted by Gasteiger charge is 2.18. The van der Waals surface area contributed by atoms with Crippen molar-refractivity contribution in [2.75, 3.05) is 5.43 Å². The van der Waals surface area contributed by atoms with Crippen LogP contribution in [0.15, 0.2) is 29.1 Å². The van der Waals surface area contributed by atoms with E-state index in [1.54, 1.807) is 24.3 Å². The molecule has 0 bridgehead atoms. The fourth-order valence-corrected chi connectivity index (χ4v) is 2.51. The van der Waals surface area contributed by atoms with Crippen LogP contribution in [-0.2, 0) is 4.74 Å². The predicted octanol–water partition coefficient (Wildman–Crippen LogP) is 1.80. The Kier molecular flexibility index (Phi) is 3.81. The van der Waals surface area contributed by atoms with Crippen molar-refractivity contribution < 1.29 is 9.53 Å². The molecular formula is C14H16N4O3. The van der Waals surface area contributed by atoms with Gasteiger partial charge in [-0.2, -0.15) is 0 Å². The second-order valence-electron chi connectivity index (χ2n) is 5.10. The van der Waals surface area contributed by atoms with Gasteiger partial charge >= 0.3 is 6.09 Å². The molecule has 1 aromatic heterocycles. The molecule has 1 fully saturated rings. The number of fused-ring (bicyclic) bond motifs is 1. The van der Waals surface area contributed by atoms with E-state index < -0.39 is 11.7 Å². The van der Waals surface area contributed by atoms with Crippen LogP contribution in [0.3, 0.4) is 0 Å². The smallest absolute Gasteiger partial charge is 0.428 e. The van der Waals surface area contributed by atoms with E-state index in [0.29, 0.717) is 10.9 Å². The Labute approximate surface area is 120 Å². The number of rotatable bonds is 2. The maximum Gasteiger partial charge on any atom is 0.428 e. The lowest BCUT2D eigenvalue weighted by Crippen LogP contribution is -2.37. The molecule has 7 heteroatoms. The molecule has 0 radical (unpaired) electrons. The summed E-state index contributed by atoms with van der Waals surface area (Å²) >= 11 is 0. The highest BCUT2D eigenvalue weighted by molar-refractivity contribution is 5.78. The van der Waals surface area contributed by atoms with Crippen LogP contribution < -0.4 is 11.0 Å². The fourth-order valence-electron chi connectivity index (χ4n) is 2.51. The van der Waals surface area contributed by atoms with E-state index in [1.165, 1.54) is 6.42 Å². The van der Waals surface area contributed by atoms with Crippen LogP contribution >= 0.6 is 0 Å². The van der Waals surface area contributed by atoms with Gasteiger partial charge < -0.3 is 4.74 Å². The Morgan fingerprint density at radius 3 is 2.81 bits per heavy atom. The summed E-state index contributed by atoms with van der Waals surface area (Å²) in [5, 5.41) is 7.96. The molecule has 0 spiro atoms. The number of amides is 1. The third kappa shape index (κ3) is 3.01. The molecule has 1 amide bonds. The molecule has 0 unspecified atom stereocenters. The summed E-state index contributed by atoms with van der Waals surface area (Å²) in [7, 11) is 0.